The van der Waals surface area contributed by atoms with Gasteiger partial charge < -0.3 is 15.0 Å². The third-order valence-electron chi connectivity index (χ3n) is 3.52. The molecule has 124 valence electrons. The van der Waals surface area contributed by atoms with Gasteiger partial charge in [0.15, 0.2) is 6.61 Å². The molecule has 0 aliphatic rings. The lowest BCUT2D eigenvalue weighted by molar-refractivity contribution is -0.123. The van der Waals surface area contributed by atoms with E-state index in [9.17, 15) is 9.59 Å². The van der Waals surface area contributed by atoms with Gasteiger partial charge in [0, 0.05) is 4.88 Å². The Balaban J connectivity index is 1.54. The number of carbonyl (C=O) groups is 1. The molecule has 2 aromatic heterocycles. The van der Waals surface area contributed by atoms with Gasteiger partial charge in [-0.15, -0.1) is 11.3 Å². The molecule has 1 amide bonds. The Labute approximate surface area is 142 Å². The molecule has 0 saturated heterocycles. The van der Waals surface area contributed by atoms with Crippen molar-refractivity contribution in [1.82, 2.24) is 15.3 Å². The van der Waals surface area contributed by atoms with Gasteiger partial charge in [-0.3, -0.25) is 9.59 Å². The molecule has 3 rings (SSSR count). The van der Waals surface area contributed by atoms with Crippen molar-refractivity contribution in [3.63, 3.8) is 0 Å². The van der Waals surface area contributed by atoms with E-state index in [2.05, 4.69) is 22.2 Å². The highest BCUT2D eigenvalue weighted by Gasteiger charge is 2.08. The van der Waals surface area contributed by atoms with Gasteiger partial charge in [0.05, 0.1) is 18.3 Å². The summed E-state index contributed by atoms with van der Waals surface area (Å²) in [6.07, 6.45) is 2.30. The number of carbonyl (C=O) groups excluding carboxylic acids is 1. The fraction of sp³-hybridized carbons (Fsp3) is 0.235. The highest BCUT2D eigenvalue weighted by Crippen LogP contribution is 2.20. The second-order valence-corrected chi connectivity index (χ2v) is 6.34. The molecule has 0 unspecified atom stereocenters. The predicted molar refractivity (Wildman–Crippen MR) is 93.4 cm³/mol. The van der Waals surface area contributed by atoms with E-state index >= 15 is 0 Å². The number of nitrogens with zero attached hydrogens (tertiary/aromatic N) is 1. The number of rotatable bonds is 6. The first-order chi connectivity index (χ1) is 11.7. The van der Waals surface area contributed by atoms with E-state index in [4.69, 9.17) is 4.74 Å². The molecule has 0 fully saturated rings. The summed E-state index contributed by atoms with van der Waals surface area (Å²) in [4.78, 5) is 31.7. The summed E-state index contributed by atoms with van der Waals surface area (Å²) in [6, 6.07) is 9.43. The van der Waals surface area contributed by atoms with Crippen LogP contribution in [0.2, 0.25) is 0 Å². The van der Waals surface area contributed by atoms with E-state index in [1.54, 1.807) is 6.07 Å². The van der Waals surface area contributed by atoms with Gasteiger partial charge in [-0.25, -0.2) is 4.98 Å². The van der Waals surface area contributed by atoms with Crippen LogP contribution in [0.4, 0.5) is 0 Å². The maximum atomic E-state index is 11.9. The minimum absolute atomic E-state index is 0.0447. The minimum Gasteiger partial charge on any atom is -0.484 e. The standard InChI is InChI=1S/C17H17N3O3S/c1-2-11-4-3-5-12(6-11)23-9-15(21)18-8-13-7-14-16(22)19-10-20-17(14)24-13/h3-7,10H,2,8-9H2,1H3,(H,18,21)(H,19,20,22). The number of hydrogen-bond acceptors (Lipinski definition) is 5. The molecule has 0 radical (unpaired) electrons. The molecule has 0 aliphatic carbocycles. The fourth-order valence-corrected chi connectivity index (χ4v) is 3.18. The van der Waals surface area contributed by atoms with Gasteiger partial charge in [-0.1, -0.05) is 19.1 Å². The Morgan fingerprint density at radius 3 is 3.04 bits per heavy atom. The number of fused-ring (bicyclic) bond motifs is 1. The molecule has 7 heteroatoms. The van der Waals surface area contributed by atoms with Gasteiger partial charge in [0.1, 0.15) is 10.6 Å². The lowest BCUT2D eigenvalue weighted by Crippen LogP contribution is -2.28. The molecule has 24 heavy (non-hydrogen) atoms. The van der Waals surface area contributed by atoms with Crippen LogP contribution in [0, 0.1) is 0 Å². The number of ether oxygens (including phenoxy) is 1. The monoisotopic (exact) mass is 343 g/mol. The van der Waals surface area contributed by atoms with Crippen LogP contribution in [0.1, 0.15) is 17.4 Å². The quantitative estimate of drug-likeness (QED) is 0.719. The number of aromatic nitrogens is 2. The molecule has 2 N–H and O–H groups in total. The number of H-pyrrole nitrogens is 1. The summed E-state index contributed by atoms with van der Waals surface area (Å²) >= 11 is 1.39. The predicted octanol–water partition coefficient (Wildman–Crippen LogP) is 2.24. The van der Waals surface area contributed by atoms with Gasteiger partial charge in [-0.2, -0.15) is 0 Å². The number of benzene rings is 1. The third kappa shape index (κ3) is 3.80. The Morgan fingerprint density at radius 1 is 1.38 bits per heavy atom. The summed E-state index contributed by atoms with van der Waals surface area (Å²) < 4.78 is 5.50. The van der Waals surface area contributed by atoms with Gasteiger partial charge in [-0.05, 0) is 30.2 Å². The Hall–Kier alpha value is -2.67. The van der Waals surface area contributed by atoms with Crippen molar-refractivity contribution in [1.29, 1.82) is 0 Å². The van der Waals surface area contributed by atoms with Crippen LogP contribution < -0.4 is 15.6 Å². The van der Waals surface area contributed by atoms with Crippen molar-refractivity contribution < 1.29 is 9.53 Å². The fourth-order valence-electron chi connectivity index (χ4n) is 2.25. The number of aromatic amines is 1. The molecule has 1 aromatic carbocycles. The SMILES string of the molecule is CCc1cccc(OCC(=O)NCc2cc3c(=O)[nH]cnc3s2)c1. The molecule has 0 spiro atoms. The van der Waals surface area contributed by atoms with Crippen LogP contribution in [0.3, 0.4) is 0 Å². The van der Waals surface area contributed by atoms with E-state index < -0.39 is 0 Å². The topological polar surface area (TPSA) is 84.1 Å². The highest BCUT2D eigenvalue weighted by molar-refractivity contribution is 7.18. The molecule has 0 atom stereocenters. The summed E-state index contributed by atoms with van der Waals surface area (Å²) in [5.74, 6) is 0.471. The lowest BCUT2D eigenvalue weighted by atomic mass is 10.2. The molecule has 2 heterocycles. The Bertz CT molecular complexity index is 917. The summed E-state index contributed by atoms with van der Waals surface area (Å²) in [5, 5.41) is 3.33. The molecule has 0 bridgehead atoms. The normalized spacial score (nSPS) is 10.7. The Kier molecular flexibility index (Phi) is 4.90. The zero-order chi connectivity index (χ0) is 16.9. The number of hydrogen-bond donors (Lipinski definition) is 2. The van der Waals surface area contributed by atoms with Crippen molar-refractivity contribution in [2.24, 2.45) is 0 Å². The van der Waals surface area contributed by atoms with E-state index in [0.29, 0.717) is 22.5 Å². The lowest BCUT2D eigenvalue weighted by Gasteiger charge is -2.07. The molecule has 3 aromatic rings. The molecule has 0 aliphatic heterocycles. The smallest absolute Gasteiger partial charge is 0.259 e. The van der Waals surface area contributed by atoms with Gasteiger partial charge >= 0.3 is 0 Å². The number of amides is 1. The third-order valence-corrected chi connectivity index (χ3v) is 4.57. The van der Waals surface area contributed by atoms with Crippen LogP contribution >= 0.6 is 11.3 Å². The van der Waals surface area contributed by atoms with E-state index in [-0.39, 0.29) is 18.1 Å². The first-order valence-corrected chi connectivity index (χ1v) is 8.42. The summed E-state index contributed by atoms with van der Waals surface area (Å²) in [7, 11) is 0. The maximum Gasteiger partial charge on any atom is 0.259 e. The Morgan fingerprint density at radius 2 is 2.25 bits per heavy atom. The van der Waals surface area contributed by atoms with Crippen LogP contribution in [0.5, 0.6) is 5.75 Å². The average molecular weight is 343 g/mol. The van der Waals surface area contributed by atoms with Crippen molar-refractivity contribution in [3.8, 4) is 5.75 Å². The number of thiophene rings is 1. The summed E-state index contributed by atoms with van der Waals surface area (Å²) in [5.41, 5.74) is 0.990. The molecule has 0 saturated carbocycles. The van der Waals surface area contributed by atoms with Crippen molar-refractivity contribution in [3.05, 3.63) is 57.5 Å². The van der Waals surface area contributed by atoms with E-state index in [1.165, 1.54) is 17.7 Å². The van der Waals surface area contributed by atoms with E-state index in [0.717, 1.165) is 16.9 Å². The van der Waals surface area contributed by atoms with Gasteiger partial charge in [0.2, 0.25) is 0 Å². The van der Waals surface area contributed by atoms with Crippen LogP contribution in [-0.2, 0) is 17.8 Å². The molecular weight excluding hydrogens is 326 g/mol. The number of aryl methyl sites for hydroxylation is 1. The highest BCUT2D eigenvalue weighted by atomic mass is 32.1. The molecule has 6 nitrogen and oxygen atoms in total. The van der Waals surface area contributed by atoms with Crippen molar-refractivity contribution in [2.75, 3.05) is 6.61 Å². The van der Waals surface area contributed by atoms with Crippen molar-refractivity contribution in [2.45, 2.75) is 19.9 Å². The zero-order valence-corrected chi connectivity index (χ0v) is 14.0. The van der Waals surface area contributed by atoms with Crippen LogP contribution in [0.15, 0.2) is 41.5 Å². The first kappa shape index (κ1) is 16.2. The molecular formula is C17H17N3O3S. The minimum atomic E-state index is -0.212. The van der Waals surface area contributed by atoms with Crippen LogP contribution in [-0.4, -0.2) is 22.5 Å². The zero-order valence-electron chi connectivity index (χ0n) is 13.2. The summed E-state index contributed by atoms with van der Waals surface area (Å²) in [6.45, 7) is 2.37. The van der Waals surface area contributed by atoms with Gasteiger partial charge in [0.25, 0.3) is 11.5 Å². The van der Waals surface area contributed by atoms with Crippen molar-refractivity contribution >= 4 is 27.5 Å². The van der Waals surface area contributed by atoms with Crippen LogP contribution in [0.25, 0.3) is 10.2 Å². The maximum absolute atomic E-state index is 11.9. The second kappa shape index (κ2) is 7.27. The van der Waals surface area contributed by atoms with E-state index in [1.807, 2.05) is 24.3 Å². The first-order valence-electron chi connectivity index (χ1n) is 7.60. The number of nitrogens with one attached hydrogen (secondary N) is 2. The average Bonchev–Trinajstić information content (AvgIpc) is 3.03. The second-order valence-electron chi connectivity index (χ2n) is 5.23. The largest absolute Gasteiger partial charge is 0.484 e.